The molecule has 0 heterocycles. The van der Waals surface area contributed by atoms with Crippen LogP contribution in [-0.4, -0.2) is 36.6 Å². The van der Waals surface area contributed by atoms with Crippen molar-refractivity contribution in [3.63, 3.8) is 0 Å². The van der Waals surface area contributed by atoms with Crippen molar-refractivity contribution in [1.82, 2.24) is 0 Å². The molecule has 0 spiro atoms. The molecule has 94 valence electrons. The van der Waals surface area contributed by atoms with Gasteiger partial charge in [0.25, 0.3) is 0 Å². The molecule has 0 bridgehead atoms. The Hall–Kier alpha value is -0.781. The van der Waals surface area contributed by atoms with Crippen molar-refractivity contribution in [3.05, 3.63) is 23.5 Å². The molecule has 0 radical (unpaired) electrons. The molecule has 0 aliphatic rings. The SMILES string of the molecule is COc1cc(CC(=O)O)c(F)c[c]1[Sn]([CH3])([CH3])[CH3]. The molecule has 0 atom stereocenters. The van der Waals surface area contributed by atoms with E-state index in [4.69, 9.17) is 9.84 Å². The Morgan fingerprint density at radius 1 is 1.41 bits per heavy atom. The van der Waals surface area contributed by atoms with Crippen LogP contribution < -0.4 is 8.32 Å². The number of carboxylic acids is 1. The van der Waals surface area contributed by atoms with Crippen molar-refractivity contribution in [2.24, 2.45) is 0 Å². The van der Waals surface area contributed by atoms with Gasteiger partial charge in [0, 0.05) is 0 Å². The number of rotatable bonds is 4. The van der Waals surface area contributed by atoms with E-state index in [1.165, 1.54) is 19.2 Å². The Labute approximate surface area is 104 Å². The van der Waals surface area contributed by atoms with Gasteiger partial charge in [0.2, 0.25) is 0 Å². The minimum absolute atomic E-state index is 0.175. The molecule has 1 rings (SSSR count). The molecule has 0 unspecified atom stereocenters. The van der Waals surface area contributed by atoms with Crippen molar-refractivity contribution in [2.45, 2.75) is 21.2 Å². The van der Waals surface area contributed by atoms with Crippen LogP contribution >= 0.6 is 0 Å². The fourth-order valence-corrected chi connectivity index (χ4v) is 5.85. The Bertz CT molecular complexity index is 438. The Morgan fingerprint density at radius 2 is 2.00 bits per heavy atom. The zero-order chi connectivity index (χ0) is 13.2. The molecule has 0 aromatic heterocycles. The van der Waals surface area contributed by atoms with Crippen molar-refractivity contribution in [2.75, 3.05) is 7.11 Å². The van der Waals surface area contributed by atoms with Crippen LogP contribution in [0.5, 0.6) is 5.75 Å². The topological polar surface area (TPSA) is 46.5 Å². The molecule has 0 amide bonds. The summed E-state index contributed by atoms with van der Waals surface area (Å²) in [5, 5.41) is 8.69. The molecule has 0 saturated heterocycles. The number of hydrogen-bond acceptors (Lipinski definition) is 2. The first-order valence-electron chi connectivity index (χ1n) is 5.34. The second-order valence-corrected chi connectivity index (χ2v) is 19.3. The fraction of sp³-hybridized carbons (Fsp3) is 0.417. The van der Waals surface area contributed by atoms with Crippen LogP contribution in [0, 0.1) is 5.82 Å². The first kappa shape index (κ1) is 14.3. The molecule has 17 heavy (non-hydrogen) atoms. The molecule has 3 nitrogen and oxygen atoms in total. The molecule has 5 heteroatoms. The maximum atomic E-state index is 13.8. The maximum absolute atomic E-state index is 13.8. The van der Waals surface area contributed by atoms with E-state index in [-0.39, 0.29) is 12.0 Å². The predicted octanol–water partition coefficient (Wildman–Crippen LogP) is 2.01. The van der Waals surface area contributed by atoms with Gasteiger partial charge in [0.15, 0.2) is 0 Å². The summed E-state index contributed by atoms with van der Waals surface area (Å²) in [6.45, 7) is 0. The van der Waals surface area contributed by atoms with Gasteiger partial charge in [0.05, 0.1) is 0 Å². The third-order valence-electron chi connectivity index (χ3n) is 2.52. The predicted molar refractivity (Wildman–Crippen MR) is 67.3 cm³/mol. The minimum atomic E-state index is -2.45. The number of hydrogen-bond donors (Lipinski definition) is 1. The number of methoxy groups -OCH3 is 1. The third-order valence-corrected chi connectivity index (χ3v) is 8.25. The zero-order valence-corrected chi connectivity index (χ0v) is 13.4. The summed E-state index contributed by atoms with van der Waals surface area (Å²) in [7, 11) is 1.53. The van der Waals surface area contributed by atoms with E-state index >= 15 is 0 Å². The summed E-state index contributed by atoms with van der Waals surface area (Å²) in [4.78, 5) is 17.1. The van der Waals surface area contributed by atoms with Crippen LogP contribution in [0.1, 0.15) is 5.56 Å². The van der Waals surface area contributed by atoms with Crippen LogP contribution in [0.25, 0.3) is 0 Å². The second kappa shape index (κ2) is 5.25. The van der Waals surface area contributed by atoms with Gasteiger partial charge >= 0.3 is 105 Å². The molecule has 1 aromatic rings. The van der Waals surface area contributed by atoms with Gasteiger partial charge < -0.3 is 0 Å². The number of ether oxygens (including phenoxy) is 1. The van der Waals surface area contributed by atoms with Gasteiger partial charge in [-0.2, -0.15) is 0 Å². The second-order valence-electron chi connectivity index (χ2n) is 4.96. The van der Waals surface area contributed by atoms with E-state index in [0.717, 1.165) is 3.58 Å². The summed E-state index contributed by atoms with van der Waals surface area (Å²) in [6.07, 6.45) is -0.317. The molecule has 0 aliphatic heterocycles. The number of carboxylic acid groups (broad SMARTS) is 1. The van der Waals surface area contributed by atoms with Crippen molar-refractivity contribution < 1.29 is 19.0 Å². The van der Waals surface area contributed by atoms with Gasteiger partial charge in [-0.3, -0.25) is 0 Å². The van der Waals surface area contributed by atoms with Gasteiger partial charge in [-0.05, 0) is 0 Å². The standard InChI is InChI=1S/C9H8FO3.3CH3.Sn/c1-13-7-2-3-8(10)6(4-7)5-9(11)12;;;;/h3-4H,5H2,1H3,(H,11,12);3*1H3;. The van der Waals surface area contributed by atoms with Crippen molar-refractivity contribution in [3.8, 4) is 5.75 Å². The average molecular weight is 347 g/mol. The van der Waals surface area contributed by atoms with E-state index in [9.17, 15) is 9.18 Å². The molecule has 0 saturated carbocycles. The van der Waals surface area contributed by atoms with Crippen LogP contribution in [-0.2, 0) is 11.2 Å². The Balaban J connectivity index is 3.29. The van der Waals surface area contributed by atoms with E-state index in [1.54, 1.807) is 0 Å². The molecule has 0 aliphatic carbocycles. The number of carbonyl (C=O) groups is 1. The molecular weight excluding hydrogens is 330 g/mol. The third kappa shape index (κ3) is 3.59. The van der Waals surface area contributed by atoms with Gasteiger partial charge in [-0.25, -0.2) is 0 Å². The molecule has 1 aromatic carbocycles. The van der Waals surface area contributed by atoms with Crippen LogP contribution in [0.15, 0.2) is 12.1 Å². The van der Waals surface area contributed by atoms with Crippen molar-refractivity contribution in [1.29, 1.82) is 0 Å². The Kier molecular flexibility index (Phi) is 4.41. The normalized spacial score (nSPS) is 11.4. The van der Waals surface area contributed by atoms with Crippen LogP contribution in [0.4, 0.5) is 4.39 Å². The van der Waals surface area contributed by atoms with E-state index in [0.29, 0.717) is 5.75 Å². The van der Waals surface area contributed by atoms with Gasteiger partial charge in [0.1, 0.15) is 0 Å². The number of benzene rings is 1. The first-order valence-corrected chi connectivity index (χ1v) is 15.3. The average Bonchev–Trinajstić information content (AvgIpc) is 2.18. The van der Waals surface area contributed by atoms with Gasteiger partial charge in [-0.15, -0.1) is 0 Å². The van der Waals surface area contributed by atoms with Crippen LogP contribution in [0.2, 0.25) is 14.8 Å². The fourth-order valence-electron chi connectivity index (χ4n) is 1.65. The quantitative estimate of drug-likeness (QED) is 0.848. The number of aliphatic carboxylic acids is 1. The summed E-state index contributed by atoms with van der Waals surface area (Å²) in [5.74, 6) is -0.876. The van der Waals surface area contributed by atoms with Crippen LogP contribution in [0.3, 0.4) is 0 Å². The zero-order valence-electron chi connectivity index (χ0n) is 10.5. The molecule has 0 fully saturated rings. The molecular formula is C12H17FO3Sn. The number of halogens is 1. The Morgan fingerprint density at radius 3 is 2.41 bits per heavy atom. The van der Waals surface area contributed by atoms with E-state index in [1.807, 2.05) is 0 Å². The van der Waals surface area contributed by atoms with E-state index in [2.05, 4.69) is 14.8 Å². The summed E-state index contributed by atoms with van der Waals surface area (Å²) in [6, 6.07) is 2.97. The van der Waals surface area contributed by atoms with E-state index < -0.39 is 30.2 Å². The monoisotopic (exact) mass is 348 g/mol. The van der Waals surface area contributed by atoms with Gasteiger partial charge in [-0.1, -0.05) is 0 Å². The summed E-state index contributed by atoms with van der Waals surface area (Å²) < 4.78 is 20.0. The summed E-state index contributed by atoms with van der Waals surface area (Å²) in [5.41, 5.74) is 0.175. The molecule has 1 N–H and O–H groups in total. The summed E-state index contributed by atoms with van der Waals surface area (Å²) >= 11 is -2.45. The first-order chi connectivity index (χ1) is 7.75. The van der Waals surface area contributed by atoms with Crippen molar-refractivity contribution >= 4 is 27.9 Å².